The van der Waals surface area contributed by atoms with E-state index >= 15 is 0 Å². The first-order valence-corrected chi connectivity index (χ1v) is 21.0. The second-order valence-corrected chi connectivity index (χ2v) is 16.7. The van der Waals surface area contributed by atoms with E-state index in [0.717, 1.165) is 36.8 Å². The van der Waals surface area contributed by atoms with Crippen molar-refractivity contribution in [3.63, 3.8) is 0 Å². The van der Waals surface area contributed by atoms with Crippen molar-refractivity contribution in [1.29, 1.82) is 0 Å². The van der Waals surface area contributed by atoms with Gasteiger partial charge in [-0.1, -0.05) is 109 Å². The number of rotatable bonds is 15. The molecule has 2 aliphatic rings. The van der Waals surface area contributed by atoms with E-state index in [9.17, 15) is 39.6 Å². The van der Waals surface area contributed by atoms with Gasteiger partial charge in [-0.3, -0.25) is 30.0 Å². The molecule has 0 saturated carbocycles. The maximum Gasteiger partial charge on any atom is 0.280 e. The van der Waals surface area contributed by atoms with E-state index in [-0.39, 0.29) is 47.7 Å². The number of carbonyl (C=O) groups is 4. The lowest BCUT2D eigenvalue weighted by Crippen LogP contribution is -2.44. The highest BCUT2D eigenvalue weighted by Gasteiger charge is 2.40. The van der Waals surface area contributed by atoms with E-state index < -0.39 is 22.6 Å². The second-order valence-electron chi connectivity index (χ2n) is 13.6. The summed E-state index contributed by atoms with van der Waals surface area (Å²) < 4.78 is 0. The van der Waals surface area contributed by atoms with Crippen molar-refractivity contribution in [2.75, 3.05) is 0 Å². The molecule has 6 rings (SSSR count). The molecule has 4 amide bonds. The minimum atomic E-state index is -0.548. The fourth-order valence-electron chi connectivity index (χ4n) is 6.22. The average Bonchev–Trinajstić information content (AvgIpc) is 3.66. The number of nitrogens with zero attached hydrogens (tertiary/aromatic N) is 2. The van der Waals surface area contributed by atoms with E-state index in [1.165, 1.54) is 57.8 Å². The number of hydrogen-bond donors (Lipinski definition) is 6. The molecule has 0 spiro atoms. The molecule has 2 fully saturated rings. The molecule has 12 nitrogen and oxygen atoms in total. The fourth-order valence-corrected chi connectivity index (χ4v) is 8.85. The van der Waals surface area contributed by atoms with Gasteiger partial charge < -0.3 is 20.4 Å². The summed E-state index contributed by atoms with van der Waals surface area (Å²) in [6.45, 7) is 0. The van der Waals surface area contributed by atoms with Crippen LogP contribution in [0.4, 0.5) is 0 Å². The smallest absolute Gasteiger partial charge is 0.280 e. The quantitative estimate of drug-likeness (QED) is 0.0384. The molecule has 2 atom stereocenters. The van der Waals surface area contributed by atoms with Gasteiger partial charge in [0, 0.05) is 22.9 Å². The van der Waals surface area contributed by atoms with Crippen molar-refractivity contribution >= 4 is 82.5 Å². The summed E-state index contributed by atoms with van der Waals surface area (Å²) in [5.74, 6) is -2.60. The number of halogens is 2. The molecule has 2 heterocycles. The first kappa shape index (κ1) is 42.3. The van der Waals surface area contributed by atoms with Crippen LogP contribution in [0.3, 0.4) is 0 Å². The van der Waals surface area contributed by atoms with Gasteiger partial charge in [-0.25, -0.2) is 10.0 Å². The van der Waals surface area contributed by atoms with Crippen LogP contribution in [-0.2, 0) is 19.2 Å². The van der Waals surface area contributed by atoms with Crippen molar-refractivity contribution in [3.05, 3.63) is 127 Å². The van der Waals surface area contributed by atoms with Crippen LogP contribution < -0.4 is 10.9 Å². The monoisotopic (exact) mass is 862 g/mol. The topological polar surface area (TPSA) is 180 Å². The predicted molar refractivity (Wildman–Crippen MR) is 226 cm³/mol. The first-order chi connectivity index (χ1) is 27.9. The van der Waals surface area contributed by atoms with Crippen LogP contribution in [0.1, 0.15) is 84.4 Å². The minimum absolute atomic E-state index is 0.204. The first-order valence-electron chi connectivity index (χ1n) is 18.4. The molecule has 6 N–H and O–H groups in total. The summed E-state index contributed by atoms with van der Waals surface area (Å²) >= 11 is 14.7. The molecule has 2 saturated heterocycles. The van der Waals surface area contributed by atoms with E-state index in [1.54, 1.807) is 72.8 Å². The lowest BCUT2D eigenvalue weighted by molar-refractivity contribution is -0.138. The van der Waals surface area contributed by atoms with E-state index in [2.05, 4.69) is 10.9 Å². The Labute approximate surface area is 353 Å². The summed E-state index contributed by atoms with van der Waals surface area (Å²) in [4.78, 5) is 53.8. The average molecular weight is 864 g/mol. The number of nitrogens with one attached hydrogen (secondary N) is 2. The van der Waals surface area contributed by atoms with Crippen LogP contribution >= 0.6 is 46.7 Å². The third kappa shape index (κ3) is 10.8. The molecule has 2 unspecified atom stereocenters. The molecule has 0 aliphatic carbocycles. The van der Waals surface area contributed by atoms with E-state index in [0.29, 0.717) is 43.8 Å². The Morgan fingerprint density at radius 2 is 0.914 bits per heavy atom. The number of hydrogen-bond acceptors (Lipinski definition) is 10. The van der Waals surface area contributed by atoms with Gasteiger partial charge in [-0.05, 0) is 95.8 Å². The standard InChI is InChI=1S/C42H40Cl2N4O8S2/c43-29-15-11-27(12-16-29)41-47(39(55)35(57-41)23-25-9-19-31(49)33(51)21-25)45-37(53)7-5-3-1-2-4-6-8-38(54)46-48-40(56)36(24-26-10-20-32(50)34(52)22-26)58-42(48)28-13-17-30(44)18-14-28/h9-24,41-42,49-52H,1-8H2,(H,45,53)(H,46,54)/b35-23+,36-24+. The summed E-state index contributed by atoms with van der Waals surface area (Å²) in [6, 6.07) is 22.5. The van der Waals surface area contributed by atoms with Gasteiger partial charge >= 0.3 is 0 Å². The second kappa shape index (κ2) is 19.4. The third-order valence-electron chi connectivity index (χ3n) is 9.26. The maximum absolute atomic E-state index is 13.5. The lowest BCUT2D eigenvalue weighted by atomic mass is 10.1. The molecule has 4 aromatic carbocycles. The SMILES string of the molecule is O=C(CCCCCCCCC(=O)NN1C(=O)/C(=C\c2ccc(O)c(O)c2)SC1c1ccc(Cl)cc1)NN1C(=O)/C(=C\c2ccc(O)c(O)c2)SC1c1ccc(Cl)cc1. The molecular weight excluding hydrogens is 824 g/mol. The highest BCUT2D eigenvalue weighted by atomic mass is 35.5. The number of aromatic hydroxyl groups is 4. The van der Waals surface area contributed by atoms with Crippen LogP contribution in [0, 0.1) is 0 Å². The van der Waals surface area contributed by atoms with Crippen molar-refractivity contribution < 1.29 is 39.6 Å². The van der Waals surface area contributed by atoms with Gasteiger partial charge in [0.2, 0.25) is 11.8 Å². The number of benzene rings is 4. The van der Waals surface area contributed by atoms with Crippen LogP contribution in [0.2, 0.25) is 10.0 Å². The number of carbonyl (C=O) groups excluding carboxylic acids is 4. The van der Waals surface area contributed by atoms with E-state index in [1.807, 2.05) is 0 Å². The zero-order chi connectivity index (χ0) is 41.3. The van der Waals surface area contributed by atoms with Crippen LogP contribution in [0.25, 0.3) is 12.2 Å². The Morgan fingerprint density at radius 1 is 0.552 bits per heavy atom. The number of thioether (sulfide) groups is 2. The zero-order valence-electron chi connectivity index (χ0n) is 30.9. The summed E-state index contributed by atoms with van der Waals surface area (Å²) in [5, 5.41) is 41.7. The van der Waals surface area contributed by atoms with Crippen molar-refractivity contribution in [2.24, 2.45) is 0 Å². The van der Waals surface area contributed by atoms with Crippen LogP contribution in [0.15, 0.2) is 94.7 Å². The highest BCUT2D eigenvalue weighted by Crippen LogP contribution is 2.47. The molecule has 4 aromatic rings. The number of amides is 4. The molecule has 16 heteroatoms. The summed E-state index contributed by atoms with van der Waals surface area (Å²) in [7, 11) is 0. The fraction of sp³-hybridized carbons (Fsp3) is 0.238. The molecule has 0 bridgehead atoms. The minimum Gasteiger partial charge on any atom is -0.504 e. The molecule has 58 heavy (non-hydrogen) atoms. The van der Waals surface area contributed by atoms with Crippen molar-refractivity contribution in [2.45, 2.75) is 62.1 Å². The summed E-state index contributed by atoms with van der Waals surface area (Å²) in [6.07, 6.45) is 8.02. The third-order valence-corrected chi connectivity index (χ3v) is 12.3. The molecule has 0 radical (unpaired) electrons. The van der Waals surface area contributed by atoms with Crippen molar-refractivity contribution in [3.8, 4) is 23.0 Å². The number of unbranched alkanes of at least 4 members (excludes halogenated alkanes) is 5. The Hall–Kier alpha value is -5.28. The number of phenols is 4. The van der Waals surface area contributed by atoms with Crippen molar-refractivity contribution in [1.82, 2.24) is 20.9 Å². The van der Waals surface area contributed by atoms with E-state index in [4.69, 9.17) is 23.2 Å². The molecular formula is C42H40Cl2N4O8S2. The number of hydrazine groups is 2. The van der Waals surface area contributed by atoms with Gasteiger partial charge in [0.05, 0.1) is 9.81 Å². The lowest BCUT2D eigenvalue weighted by Gasteiger charge is -2.24. The largest absolute Gasteiger partial charge is 0.504 e. The number of phenolic OH excluding ortho intramolecular Hbond substituents is 4. The van der Waals surface area contributed by atoms with Crippen LogP contribution in [-0.4, -0.2) is 54.1 Å². The van der Waals surface area contributed by atoms with Gasteiger partial charge in [0.1, 0.15) is 10.7 Å². The Kier molecular flexibility index (Phi) is 14.2. The van der Waals surface area contributed by atoms with Gasteiger partial charge in [-0.2, -0.15) is 0 Å². The Balaban J connectivity index is 0.952. The zero-order valence-corrected chi connectivity index (χ0v) is 34.1. The normalized spacial score (nSPS) is 18.0. The predicted octanol–water partition coefficient (Wildman–Crippen LogP) is 8.93. The Morgan fingerprint density at radius 3 is 1.28 bits per heavy atom. The highest BCUT2D eigenvalue weighted by molar-refractivity contribution is 8.05. The summed E-state index contributed by atoms with van der Waals surface area (Å²) in [5.41, 5.74) is 8.09. The molecule has 0 aromatic heterocycles. The molecule has 302 valence electrons. The van der Waals surface area contributed by atoms with Gasteiger partial charge in [0.25, 0.3) is 11.8 Å². The molecule has 2 aliphatic heterocycles. The van der Waals surface area contributed by atoms with Gasteiger partial charge in [-0.15, -0.1) is 0 Å². The van der Waals surface area contributed by atoms with Crippen LogP contribution in [0.5, 0.6) is 23.0 Å². The maximum atomic E-state index is 13.5. The Bertz CT molecular complexity index is 2080. The van der Waals surface area contributed by atoms with Gasteiger partial charge in [0.15, 0.2) is 23.0 Å².